The van der Waals surface area contributed by atoms with E-state index in [0.29, 0.717) is 18.7 Å². The molecule has 1 aromatic carbocycles. The fourth-order valence-electron chi connectivity index (χ4n) is 2.63. The van der Waals surface area contributed by atoms with Crippen LogP contribution in [0, 0.1) is 6.92 Å². The summed E-state index contributed by atoms with van der Waals surface area (Å²) in [4.78, 5) is 12.6. The van der Waals surface area contributed by atoms with Gasteiger partial charge in [0.15, 0.2) is 0 Å². The molecule has 0 bridgehead atoms. The van der Waals surface area contributed by atoms with Crippen molar-refractivity contribution in [2.75, 3.05) is 6.61 Å². The third kappa shape index (κ3) is 3.22. The zero-order chi connectivity index (χ0) is 16.1. The van der Waals surface area contributed by atoms with E-state index in [2.05, 4.69) is 13.0 Å². The monoisotopic (exact) mass is 300 g/mol. The van der Waals surface area contributed by atoms with Crippen LogP contribution in [-0.2, 0) is 13.1 Å². The predicted molar refractivity (Wildman–Crippen MR) is 90.2 cm³/mol. The standard InChI is InChI=1S/C18H24N2O2/c1-4-10-20-17(11-13(3)16(12-19)18(20)21)14-6-8-15(9-7-14)22-5-2/h6-9,11H,4-5,10,12,19H2,1-3H3. The molecular formula is C18H24N2O2. The van der Waals surface area contributed by atoms with Gasteiger partial charge in [0, 0.05) is 18.7 Å². The Morgan fingerprint density at radius 3 is 2.41 bits per heavy atom. The molecule has 2 aromatic rings. The van der Waals surface area contributed by atoms with Gasteiger partial charge in [0.2, 0.25) is 0 Å². The molecule has 4 heteroatoms. The fourth-order valence-corrected chi connectivity index (χ4v) is 2.63. The topological polar surface area (TPSA) is 57.2 Å². The molecule has 4 nitrogen and oxygen atoms in total. The highest BCUT2D eigenvalue weighted by Crippen LogP contribution is 2.23. The lowest BCUT2D eigenvalue weighted by Crippen LogP contribution is -2.28. The van der Waals surface area contributed by atoms with Gasteiger partial charge in [-0.3, -0.25) is 4.79 Å². The van der Waals surface area contributed by atoms with E-state index in [-0.39, 0.29) is 12.1 Å². The fraction of sp³-hybridized carbons (Fsp3) is 0.389. The van der Waals surface area contributed by atoms with Gasteiger partial charge in [-0.25, -0.2) is 0 Å². The first-order chi connectivity index (χ1) is 10.6. The van der Waals surface area contributed by atoms with Crippen molar-refractivity contribution in [2.45, 2.75) is 40.3 Å². The highest BCUT2D eigenvalue weighted by atomic mass is 16.5. The minimum atomic E-state index is 0.0215. The quantitative estimate of drug-likeness (QED) is 0.892. The Bertz CT molecular complexity index is 687. The van der Waals surface area contributed by atoms with E-state index in [1.807, 2.05) is 42.7 Å². The van der Waals surface area contributed by atoms with Gasteiger partial charge in [-0.05, 0) is 61.7 Å². The number of benzene rings is 1. The minimum absolute atomic E-state index is 0.0215. The molecule has 0 amide bonds. The van der Waals surface area contributed by atoms with E-state index in [0.717, 1.165) is 29.0 Å². The van der Waals surface area contributed by atoms with E-state index in [9.17, 15) is 4.79 Å². The maximum atomic E-state index is 12.6. The van der Waals surface area contributed by atoms with Crippen molar-refractivity contribution in [3.8, 4) is 17.0 Å². The Hall–Kier alpha value is -2.07. The van der Waals surface area contributed by atoms with E-state index >= 15 is 0 Å². The molecule has 2 N–H and O–H groups in total. The average Bonchev–Trinajstić information content (AvgIpc) is 2.51. The summed E-state index contributed by atoms with van der Waals surface area (Å²) in [7, 11) is 0. The van der Waals surface area contributed by atoms with Crippen molar-refractivity contribution in [2.24, 2.45) is 5.73 Å². The lowest BCUT2D eigenvalue weighted by Gasteiger charge is -2.16. The van der Waals surface area contributed by atoms with Crippen molar-refractivity contribution >= 4 is 0 Å². The van der Waals surface area contributed by atoms with Crippen LogP contribution in [0.5, 0.6) is 5.75 Å². The Balaban J connectivity index is 2.56. The van der Waals surface area contributed by atoms with E-state index in [4.69, 9.17) is 10.5 Å². The van der Waals surface area contributed by atoms with E-state index in [1.54, 1.807) is 0 Å². The summed E-state index contributed by atoms with van der Waals surface area (Å²) < 4.78 is 7.30. The maximum absolute atomic E-state index is 12.6. The van der Waals surface area contributed by atoms with Gasteiger partial charge in [-0.15, -0.1) is 0 Å². The van der Waals surface area contributed by atoms with Crippen LogP contribution in [-0.4, -0.2) is 11.2 Å². The van der Waals surface area contributed by atoms with Gasteiger partial charge >= 0.3 is 0 Å². The van der Waals surface area contributed by atoms with E-state index < -0.39 is 0 Å². The number of ether oxygens (including phenoxy) is 1. The first kappa shape index (κ1) is 16.3. The molecule has 0 unspecified atom stereocenters. The molecular weight excluding hydrogens is 276 g/mol. The summed E-state index contributed by atoms with van der Waals surface area (Å²) in [5.74, 6) is 0.839. The number of rotatable bonds is 6. The lowest BCUT2D eigenvalue weighted by atomic mass is 10.0. The van der Waals surface area contributed by atoms with Crippen molar-refractivity contribution in [1.29, 1.82) is 0 Å². The summed E-state index contributed by atoms with van der Waals surface area (Å²) >= 11 is 0. The number of pyridine rings is 1. The molecule has 0 aliphatic heterocycles. The van der Waals surface area contributed by atoms with Crippen molar-refractivity contribution < 1.29 is 4.74 Å². The van der Waals surface area contributed by atoms with Crippen LogP contribution in [0.3, 0.4) is 0 Å². The molecule has 0 spiro atoms. The highest BCUT2D eigenvalue weighted by Gasteiger charge is 2.12. The zero-order valence-electron chi connectivity index (χ0n) is 13.6. The molecule has 1 heterocycles. The van der Waals surface area contributed by atoms with Gasteiger partial charge in [0.05, 0.1) is 12.3 Å². The number of aromatic nitrogens is 1. The number of hydrogen-bond acceptors (Lipinski definition) is 3. The van der Waals surface area contributed by atoms with Gasteiger partial charge in [0.1, 0.15) is 5.75 Å². The second-order valence-corrected chi connectivity index (χ2v) is 5.31. The Kier molecular flexibility index (Phi) is 5.39. The van der Waals surface area contributed by atoms with Crippen molar-refractivity contribution in [1.82, 2.24) is 4.57 Å². The number of aryl methyl sites for hydroxylation is 1. The predicted octanol–water partition coefficient (Wildman–Crippen LogP) is 3.09. The van der Waals surface area contributed by atoms with Crippen molar-refractivity contribution in [3.63, 3.8) is 0 Å². The molecule has 118 valence electrons. The molecule has 0 aliphatic carbocycles. The highest BCUT2D eigenvalue weighted by molar-refractivity contribution is 5.62. The van der Waals surface area contributed by atoms with Crippen LogP contribution < -0.4 is 16.0 Å². The molecule has 0 saturated carbocycles. The Morgan fingerprint density at radius 1 is 1.18 bits per heavy atom. The Labute approximate surface area is 131 Å². The normalized spacial score (nSPS) is 10.7. The third-order valence-corrected chi connectivity index (χ3v) is 3.74. The first-order valence-electron chi connectivity index (χ1n) is 7.79. The molecule has 0 atom stereocenters. The molecule has 0 saturated heterocycles. The second-order valence-electron chi connectivity index (χ2n) is 5.31. The summed E-state index contributed by atoms with van der Waals surface area (Å²) in [6, 6.07) is 9.91. The van der Waals surface area contributed by atoms with Gasteiger partial charge < -0.3 is 15.0 Å². The van der Waals surface area contributed by atoms with Gasteiger partial charge in [0.25, 0.3) is 5.56 Å². The smallest absolute Gasteiger partial charge is 0.255 e. The summed E-state index contributed by atoms with van der Waals surface area (Å²) in [6.45, 7) is 7.58. The van der Waals surface area contributed by atoms with Crippen LogP contribution in [0.4, 0.5) is 0 Å². The molecule has 0 fully saturated rings. The second kappa shape index (κ2) is 7.27. The van der Waals surface area contributed by atoms with Gasteiger partial charge in [-0.2, -0.15) is 0 Å². The van der Waals surface area contributed by atoms with Crippen molar-refractivity contribution in [3.05, 3.63) is 51.8 Å². The SMILES string of the molecule is CCCn1c(-c2ccc(OCC)cc2)cc(C)c(CN)c1=O. The van der Waals surface area contributed by atoms with Crippen LogP contribution in [0.1, 0.15) is 31.4 Å². The van der Waals surface area contributed by atoms with Gasteiger partial charge in [-0.1, -0.05) is 6.92 Å². The third-order valence-electron chi connectivity index (χ3n) is 3.74. The van der Waals surface area contributed by atoms with Crippen LogP contribution in [0.15, 0.2) is 35.1 Å². The maximum Gasteiger partial charge on any atom is 0.255 e. The summed E-state index contributed by atoms with van der Waals surface area (Å²) in [5.41, 5.74) is 9.34. The average molecular weight is 300 g/mol. The number of nitrogens with zero attached hydrogens (tertiary/aromatic N) is 1. The summed E-state index contributed by atoms with van der Waals surface area (Å²) in [5, 5.41) is 0. The molecule has 1 aromatic heterocycles. The largest absolute Gasteiger partial charge is 0.494 e. The number of nitrogens with two attached hydrogens (primary N) is 1. The lowest BCUT2D eigenvalue weighted by molar-refractivity contribution is 0.340. The molecule has 0 aliphatic rings. The van der Waals surface area contributed by atoms with Crippen LogP contribution in [0.2, 0.25) is 0 Å². The Morgan fingerprint density at radius 2 is 1.86 bits per heavy atom. The number of hydrogen-bond donors (Lipinski definition) is 1. The first-order valence-corrected chi connectivity index (χ1v) is 7.79. The summed E-state index contributed by atoms with van der Waals surface area (Å²) in [6.07, 6.45) is 0.900. The van der Waals surface area contributed by atoms with E-state index in [1.165, 1.54) is 0 Å². The van der Waals surface area contributed by atoms with Crippen LogP contribution >= 0.6 is 0 Å². The van der Waals surface area contributed by atoms with Crippen LogP contribution in [0.25, 0.3) is 11.3 Å². The zero-order valence-corrected chi connectivity index (χ0v) is 13.6. The molecule has 2 rings (SSSR count). The molecule has 22 heavy (non-hydrogen) atoms. The minimum Gasteiger partial charge on any atom is -0.494 e. The molecule has 0 radical (unpaired) electrons.